The molecule has 1 aromatic rings. The maximum atomic E-state index is 12.2. The SMILES string of the molecule is O=C(CC1CCCCO1)Nc1cccc2c1CCCN2. The molecule has 3 rings (SSSR count). The van der Waals surface area contributed by atoms with Crippen molar-refractivity contribution in [2.75, 3.05) is 23.8 Å². The number of fused-ring (bicyclic) bond motifs is 1. The van der Waals surface area contributed by atoms with Crippen molar-refractivity contribution in [3.8, 4) is 0 Å². The molecule has 1 amide bonds. The lowest BCUT2D eigenvalue weighted by Gasteiger charge is -2.23. The summed E-state index contributed by atoms with van der Waals surface area (Å²) < 4.78 is 5.63. The second kappa shape index (κ2) is 6.27. The summed E-state index contributed by atoms with van der Waals surface area (Å²) in [4.78, 5) is 12.2. The number of carbonyl (C=O) groups excluding carboxylic acids is 1. The van der Waals surface area contributed by atoms with Gasteiger partial charge in [-0.3, -0.25) is 4.79 Å². The molecule has 2 N–H and O–H groups in total. The third-order valence-electron chi connectivity index (χ3n) is 4.06. The van der Waals surface area contributed by atoms with Gasteiger partial charge in [-0.2, -0.15) is 0 Å². The largest absolute Gasteiger partial charge is 0.385 e. The van der Waals surface area contributed by atoms with Crippen LogP contribution in [0, 0.1) is 0 Å². The Morgan fingerprint density at radius 2 is 2.30 bits per heavy atom. The average molecular weight is 274 g/mol. The van der Waals surface area contributed by atoms with Gasteiger partial charge in [-0.1, -0.05) is 6.07 Å². The van der Waals surface area contributed by atoms with Gasteiger partial charge in [0.15, 0.2) is 0 Å². The van der Waals surface area contributed by atoms with Crippen molar-refractivity contribution in [3.05, 3.63) is 23.8 Å². The Morgan fingerprint density at radius 3 is 3.15 bits per heavy atom. The van der Waals surface area contributed by atoms with E-state index in [1.165, 1.54) is 12.0 Å². The van der Waals surface area contributed by atoms with Crippen LogP contribution in [-0.4, -0.2) is 25.2 Å². The van der Waals surface area contributed by atoms with Crippen LogP contribution in [0.25, 0.3) is 0 Å². The molecular formula is C16H22N2O2. The van der Waals surface area contributed by atoms with Crippen LogP contribution in [0.5, 0.6) is 0 Å². The minimum atomic E-state index is 0.0656. The first-order valence-electron chi connectivity index (χ1n) is 7.60. The highest BCUT2D eigenvalue weighted by atomic mass is 16.5. The van der Waals surface area contributed by atoms with Crippen molar-refractivity contribution in [2.45, 2.75) is 44.6 Å². The van der Waals surface area contributed by atoms with Crippen molar-refractivity contribution in [3.63, 3.8) is 0 Å². The van der Waals surface area contributed by atoms with Crippen LogP contribution in [0.15, 0.2) is 18.2 Å². The molecule has 1 unspecified atom stereocenters. The Kier molecular flexibility index (Phi) is 4.21. The first-order valence-corrected chi connectivity index (χ1v) is 7.60. The molecule has 2 aliphatic heterocycles. The van der Waals surface area contributed by atoms with E-state index in [1.807, 2.05) is 12.1 Å². The number of ether oxygens (including phenoxy) is 1. The van der Waals surface area contributed by atoms with Crippen LogP contribution in [0.2, 0.25) is 0 Å². The van der Waals surface area contributed by atoms with Crippen LogP contribution in [-0.2, 0) is 16.0 Å². The molecular weight excluding hydrogens is 252 g/mol. The van der Waals surface area contributed by atoms with Crippen molar-refractivity contribution in [2.24, 2.45) is 0 Å². The monoisotopic (exact) mass is 274 g/mol. The summed E-state index contributed by atoms with van der Waals surface area (Å²) in [6.07, 6.45) is 6.00. The number of carbonyl (C=O) groups is 1. The molecule has 1 atom stereocenters. The lowest BCUT2D eigenvalue weighted by molar-refractivity contribution is -0.119. The Labute approximate surface area is 119 Å². The maximum absolute atomic E-state index is 12.2. The number of amides is 1. The standard InChI is InChI=1S/C16H22N2O2/c19-16(11-12-5-1-2-10-20-12)18-15-8-3-7-14-13(15)6-4-9-17-14/h3,7-8,12,17H,1-2,4-6,9-11H2,(H,18,19). The smallest absolute Gasteiger partial charge is 0.226 e. The van der Waals surface area contributed by atoms with Gasteiger partial charge in [0.2, 0.25) is 5.91 Å². The van der Waals surface area contributed by atoms with E-state index >= 15 is 0 Å². The summed E-state index contributed by atoms with van der Waals surface area (Å²) in [6, 6.07) is 6.06. The fourth-order valence-corrected chi connectivity index (χ4v) is 3.00. The molecule has 0 spiro atoms. The third-order valence-corrected chi connectivity index (χ3v) is 4.06. The molecule has 20 heavy (non-hydrogen) atoms. The normalized spacial score (nSPS) is 21.7. The van der Waals surface area contributed by atoms with Gasteiger partial charge in [0.25, 0.3) is 0 Å². The van der Waals surface area contributed by atoms with Crippen LogP contribution < -0.4 is 10.6 Å². The van der Waals surface area contributed by atoms with Crippen molar-refractivity contribution < 1.29 is 9.53 Å². The Bertz CT molecular complexity index is 481. The van der Waals surface area contributed by atoms with Gasteiger partial charge in [-0.05, 0) is 49.8 Å². The maximum Gasteiger partial charge on any atom is 0.226 e. The van der Waals surface area contributed by atoms with Gasteiger partial charge in [-0.15, -0.1) is 0 Å². The molecule has 0 bridgehead atoms. The molecule has 1 saturated heterocycles. The number of rotatable bonds is 3. The Morgan fingerprint density at radius 1 is 1.35 bits per heavy atom. The van der Waals surface area contributed by atoms with E-state index in [1.54, 1.807) is 0 Å². The predicted molar refractivity (Wildman–Crippen MR) is 80.1 cm³/mol. The predicted octanol–water partition coefficient (Wildman–Crippen LogP) is 2.94. The number of nitrogens with one attached hydrogen (secondary N) is 2. The summed E-state index contributed by atoms with van der Waals surface area (Å²) in [5.41, 5.74) is 3.34. The summed E-state index contributed by atoms with van der Waals surface area (Å²) in [5.74, 6) is 0.0656. The second-order valence-electron chi connectivity index (χ2n) is 5.60. The van der Waals surface area contributed by atoms with Gasteiger partial charge in [0.05, 0.1) is 12.5 Å². The van der Waals surface area contributed by atoms with E-state index < -0.39 is 0 Å². The van der Waals surface area contributed by atoms with E-state index in [-0.39, 0.29) is 12.0 Å². The van der Waals surface area contributed by atoms with Gasteiger partial charge in [0.1, 0.15) is 0 Å². The summed E-state index contributed by atoms with van der Waals surface area (Å²) in [5, 5.41) is 6.44. The van der Waals surface area contributed by atoms with E-state index in [2.05, 4.69) is 16.7 Å². The van der Waals surface area contributed by atoms with Crippen LogP contribution in [0.4, 0.5) is 11.4 Å². The molecule has 1 fully saturated rings. The summed E-state index contributed by atoms with van der Waals surface area (Å²) in [7, 11) is 0. The highest BCUT2D eigenvalue weighted by molar-refractivity contribution is 5.92. The van der Waals surface area contributed by atoms with Crippen LogP contribution in [0.1, 0.15) is 37.7 Å². The summed E-state index contributed by atoms with van der Waals surface area (Å²) in [6.45, 7) is 1.81. The zero-order chi connectivity index (χ0) is 13.8. The van der Waals surface area contributed by atoms with Crippen LogP contribution >= 0.6 is 0 Å². The van der Waals surface area contributed by atoms with Gasteiger partial charge in [0, 0.05) is 24.5 Å². The lowest BCUT2D eigenvalue weighted by atomic mass is 10.0. The minimum Gasteiger partial charge on any atom is -0.385 e. The van der Waals surface area contributed by atoms with Crippen LogP contribution in [0.3, 0.4) is 0 Å². The highest BCUT2D eigenvalue weighted by Crippen LogP contribution is 2.29. The van der Waals surface area contributed by atoms with E-state index in [0.717, 1.165) is 50.2 Å². The minimum absolute atomic E-state index is 0.0656. The molecule has 0 aromatic heterocycles. The highest BCUT2D eigenvalue weighted by Gasteiger charge is 2.19. The molecule has 1 aromatic carbocycles. The topological polar surface area (TPSA) is 50.4 Å². The molecule has 0 aliphatic carbocycles. The molecule has 0 saturated carbocycles. The second-order valence-corrected chi connectivity index (χ2v) is 5.60. The van der Waals surface area contributed by atoms with E-state index in [0.29, 0.717) is 6.42 Å². The third kappa shape index (κ3) is 3.12. The van der Waals surface area contributed by atoms with Gasteiger partial charge >= 0.3 is 0 Å². The molecule has 4 nitrogen and oxygen atoms in total. The Balaban J connectivity index is 1.63. The first-order chi connectivity index (χ1) is 9.83. The molecule has 4 heteroatoms. The fourth-order valence-electron chi connectivity index (χ4n) is 3.00. The number of hydrogen-bond donors (Lipinski definition) is 2. The molecule has 2 aliphatic rings. The van der Waals surface area contributed by atoms with Gasteiger partial charge in [-0.25, -0.2) is 0 Å². The first kappa shape index (κ1) is 13.4. The Hall–Kier alpha value is -1.55. The van der Waals surface area contributed by atoms with Crippen molar-refractivity contribution >= 4 is 17.3 Å². The zero-order valence-corrected chi connectivity index (χ0v) is 11.8. The number of benzene rings is 1. The lowest BCUT2D eigenvalue weighted by Crippen LogP contribution is -2.26. The van der Waals surface area contributed by atoms with Crippen molar-refractivity contribution in [1.82, 2.24) is 0 Å². The fraction of sp³-hybridized carbons (Fsp3) is 0.562. The number of hydrogen-bond acceptors (Lipinski definition) is 3. The molecule has 2 heterocycles. The summed E-state index contributed by atoms with van der Waals surface area (Å²) >= 11 is 0. The van der Waals surface area contributed by atoms with E-state index in [4.69, 9.17) is 4.74 Å². The van der Waals surface area contributed by atoms with E-state index in [9.17, 15) is 4.79 Å². The van der Waals surface area contributed by atoms with Gasteiger partial charge < -0.3 is 15.4 Å². The zero-order valence-electron chi connectivity index (χ0n) is 11.8. The number of anilines is 2. The molecule has 0 radical (unpaired) electrons. The molecule has 108 valence electrons. The average Bonchev–Trinajstić information content (AvgIpc) is 2.48. The quantitative estimate of drug-likeness (QED) is 0.891. The van der Waals surface area contributed by atoms with Crippen molar-refractivity contribution in [1.29, 1.82) is 0 Å².